The second kappa shape index (κ2) is 6.10. The van der Waals surface area contributed by atoms with Gasteiger partial charge in [-0.15, -0.1) is 0 Å². The number of carbonyl (C=O) groups is 1. The highest BCUT2D eigenvalue weighted by molar-refractivity contribution is 6.30. The predicted octanol–water partition coefficient (Wildman–Crippen LogP) is 1.38. The van der Waals surface area contributed by atoms with E-state index >= 15 is 0 Å². The van der Waals surface area contributed by atoms with Crippen LogP contribution in [-0.2, 0) is 4.79 Å². The lowest BCUT2D eigenvalue weighted by Gasteiger charge is -2.16. The molecule has 1 aromatic rings. The number of nitrogens with one attached hydrogen (secondary N) is 2. The second-order valence-corrected chi connectivity index (χ2v) is 4.08. The van der Waals surface area contributed by atoms with Crippen LogP contribution in [0.25, 0.3) is 0 Å². The fourth-order valence-corrected chi connectivity index (χ4v) is 1.61. The number of hydrogen-bond donors (Lipinski definition) is 4. The number of guanidine groups is 1. The van der Waals surface area contributed by atoms with Gasteiger partial charge < -0.3 is 16.2 Å². The summed E-state index contributed by atoms with van der Waals surface area (Å²) in [5, 5.41) is 19.1. The minimum atomic E-state index is -0.893. The highest BCUT2D eigenvalue weighted by Gasteiger charge is 2.15. The maximum atomic E-state index is 10.8. The third-order valence-electron chi connectivity index (χ3n) is 2.30. The van der Waals surface area contributed by atoms with E-state index in [1.54, 1.807) is 24.3 Å². The van der Waals surface area contributed by atoms with Crippen LogP contribution >= 0.6 is 11.6 Å². The highest BCUT2D eigenvalue weighted by Crippen LogP contribution is 2.21. The highest BCUT2D eigenvalue weighted by atomic mass is 35.5. The van der Waals surface area contributed by atoms with Crippen LogP contribution in [0.2, 0.25) is 5.02 Å². The molecule has 1 unspecified atom stereocenters. The van der Waals surface area contributed by atoms with Gasteiger partial charge in [0.15, 0.2) is 5.96 Å². The van der Waals surface area contributed by atoms with E-state index < -0.39 is 5.97 Å². The number of halogens is 1. The summed E-state index contributed by atoms with van der Waals surface area (Å²) in [6.07, 6.45) is -0.0259. The van der Waals surface area contributed by atoms with Gasteiger partial charge in [0.2, 0.25) is 0 Å². The van der Waals surface area contributed by atoms with E-state index in [-0.39, 0.29) is 18.3 Å². The molecule has 0 saturated heterocycles. The molecule has 6 heteroatoms. The Morgan fingerprint density at radius 2 is 2.06 bits per heavy atom. The molecule has 0 bridgehead atoms. The summed E-state index contributed by atoms with van der Waals surface area (Å²) in [4.78, 5) is 10.8. The number of carboxylic acid groups (broad SMARTS) is 1. The van der Waals surface area contributed by atoms with Gasteiger partial charge >= 0.3 is 5.97 Å². The molecule has 0 amide bonds. The number of nitrogens with two attached hydrogens (primary N) is 1. The number of rotatable bonds is 5. The lowest BCUT2D eigenvalue weighted by atomic mass is 9.96. The molecule has 17 heavy (non-hydrogen) atoms. The second-order valence-electron chi connectivity index (χ2n) is 3.64. The Morgan fingerprint density at radius 1 is 1.47 bits per heavy atom. The number of hydrogen-bond acceptors (Lipinski definition) is 2. The van der Waals surface area contributed by atoms with Crippen LogP contribution in [0.1, 0.15) is 17.9 Å². The summed E-state index contributed by atoms with van der Waals surface area (Å²) >= 11 is 5.76. The molecule has 0 aliphatic rings. The smallest absolute Gasteiger partial charge is 0.304 e. The lowest BCUT2D eigenvalue weighted by Crippen LogP contribution is -2.34. The van der Waals surface area contributed by atoms with Crippen molar-refractivity contribution in [2.24, 2.45) is 5.73 Å². The van der Waals surface area contributed by atoms with E-state index in [2.05, 4.69) is 5.32 Å². The molecule has 1 rings (SSSR count). The van der Waals surface area contributed by atoms with Crippen molar-refractivity contribution in [3.63, 3.8) is 0 Å². The van der Waals surface area contributed by atoms with Crippen molar-refractivity contribution in [1.29, 1.82) is 5.41 Å². The quantitative estimate of drug-likeness (QED) is 0.472. The Kier molecular flexibility index (Phi) is 4.78. The molecule has 0 radical (unpaired) electrons. The molecule has 0 saturated carbocycles. The first kappa shape index (κ1) is 13.3. The average Bonchev–Trinajstić information content (AvgIpc) is 2.25. The van der Waals surface area contributed by atoms with Gasteiger partial charge in [-0.05, 0) is 17.7 Å². The maximum Gasteiger partial charge on any atom is 0.304 e. The molecule has 92 valence electrons. The van der Waals surface area contributed by atoms with E-state index in [0.717, 1.165) is 5.56 Å². The standard InChI is InChI=1S/C11H14ClN3O2/c12-9-3-1-7(2-4-9)8(5-10(16)17)6-15-11(13)14/h1-4,8H,5-6H2,(H,16,17)(H4,13,14,15). The minimum absolute atomic E-state index is 0.0259. The Hall–Kier alpha value is -1.75. The Bertz CT molecular complexity index is 406. The summed E-state index contributed by atoms with van der Waals surface area (Å²) in [5.41, 5.74) is 6.03. The first-order valence-corrected chi connectivity index (χ1v) is 5.42. The molecule has 1 atom stereocenters. The van der Waals surface area contributed by atoms with E-state index in [9.17, 15) is 4.79 Å². The zero-order valence-corrected chi connectivity index (χ0v) is 9.87. The molecule has 0 aromatic heterocycles. The van der Waals surface area contributed by atoms with Crippen molar-refractivity contribution in [3.05, 3.63) is 34.9 Å². The zero-order chi connectivity index (χ0) is 12.8. The normalized spacial score (nSPS) is 11.8. The van der Waals surface area contributed by atoms with Crippen LogP contribution in [0.15, 0.2) is 24.3 Å². The van der Waals surface area contributed by atoms with Crippen LogP contribution in [0.4, 0.5) is 0 Å². The van der Waals surface area contributed by atoms with Crippen LogP contribution in [0.5, 0.6) is 0 Å². The SMILES string of the molecule is N=C(N)NCC(CC(=O)O)c1ccc(Cl)cc1. The maximum absolute atomic E-state index is 10.8. The Balaban J connectivity index is 2.77. The third kappa shape index (κ3) is 4.74. The van der Waals surface area contributed by atoms with Crippen molar-refractivity contribution in [2.45, 2.75) is 12.3 Å². The monoisotopic (exact) mass is 255 g/mol. The summed E-state index contributed by atoms with van der Waals surface area (Å²) in [6.45, 7) is 0.309. The van der Waals surface area contributed by atoms with Gasteiger partial charge in [-0.2, -0.15) is 0 Å². The molecule has 5 nitrogen and oxygen atoms in total. The van der Waals surface area contributed by atoms with Crippen molar-refractivity contribution < 1.29 is 9.90 Å². The fourth-order valence-electron chi connectivity index (χ4n) is 1.49. The van der Waals surface area contributed by atoms with Crippen LogP contribution in [0, 0.1) is 5.41 Å². The first-order chi connectivity index (χ1) is 7.99. The van der Waals surface area contributed by atoms with Gasteiger partial charge in [-0.3, -0.25) is 10.2 Å². The fraction of sp³-hybridized carbons (Fsp3) is 0.273. The van der Waals surface area contributed by atoms with Crippen molar-refractivity contribution in [1.82, 2.24) is 5.32 Å². The summed E-state index contributed by atoms with van der Waals surface area (Å²) in [5.74, 6) is -1.31. The number of carboxylic acids is 1. The molecule has 0 fully saturated rings. The molecular weight excluding hydrogens is 242 g/mol. The number of aliphatic carboxylic acids is 1. The summed E-state index contributed by atoms with van der Waals surface area (Å²) < 4.78 is 0. The van der Waals surface area contributed by atoms with Crippen molar-refractivity contribution in [2.75, 3.05) is 6.54 Å². The van der Waals surface area contributed by atoms with Gasteiger partial charge in [-0.1, -0.05) is 23.7 Å². The molecule has 0 aliphatic heterocycles. The van der Waals surface area contributed by atoms with E-state index in [0.29, 0.717) is 11.6 Å². The Labute approximate surface area is 104 Å². The van der Waals surface area contributed by atoms with Gasteiger partial charge in [0, 0.05) is 17.5 Å². The summed E-state index contributed by atoms with van der Waals surface area (Å²) in [7, 11) is 0. The molecule has 0 aliphatic carbocycles. The topological polar surface area (TPSA) is 99.2 Å². The molecule has 1 aromatic carbocycles. The zero-order valence-electron chi connectivity index (χ0n) is 9.11. The van der Waals surface area contributed by atoms with Crippen molar-refractivity contribution in [3.8, 4) is 0 Å². The van der Waals surface area contributed by atoms with Crippen molar-refractivity contribution >= 4 is 23.5 Å². The number of benzene rings is 1. The minimum Gasteiger partial charge on any atom is -0.481 e. The largest absolute Gasteiger partial charge is 0.481 e. The third-order valence-corrected chi connectivity index (χ3v) is 2.55. The lowest BCUT2D eigenvalue weighted by molar-refractivity contribution is -0.137. The molecule has 0 spiro atoms. The van der Waals surface area contributed by atoms with Crippen LogP contribution in [-0.4, -0.2) is 23.6 Å². The Morgan fingerprint density at radius 3 is 2.53 bits per heavy atom. The van der Waals surface area contributed by atoms with Gasteiger partial charge in [0.25, 0.3) is 0 Å². The van der Waals surface area contributed by atoms with E-state index in [1.165, 1.54) is 0 Å². The predicted molar refractivity (Wildman–Crippen MR) is 66.4 cm³/mol. The first-order valence-electron chi connectivity index (χ1n) is 5.04. The van der Waals surface area contributed by atoms with Crippen LogP contribution in [0.3, 0.4) is 0 Å². The van der Waals surface area contributed by atoms with Crippen LogP contribution < -0.4 is 11.1 Å². The molecule has 0 heterocycles. The van der Waals surface area contributed by atoms with E-state index in [4.69, 9.17) is 27.9 Å². The van der Waals surface area contributed by atoms with E-state index in [1.807, 2.05) is 0 Å². The average molecular weight is 256 g/mol. The van der Waals surface area contributed by atoms with Gasteiger partial charge in [0.1, 0.15) is 0 Å². The molecule has 5 N–H and O–H groups in total. The summed E-state index contributed by atoms with van der Waals surface area (Å²) in [6, 6.07) is 6.97. The molecular formula is C11H14ClN3O2. The van der Waals surface area contributed by atoms with Gasteiger partial charge in [0.05, 0.1) is 6.42 Å². The van der Waals surface area contributed by atoms with Gasteiger partial charge in [-0.25, -0.2) is 0 Å².